The lowest BCUT2D eigenvalue weighted by molar-refractivity contribution is 0.0696. The molecule has 0 atom stereocenters. The van der Waals surface area contributed by atoms with Crippen molar-refractivity contribution in [2.45, 2.75) is 24.8 Å². The van der Waals surface area contributed by atoms with Crippen molar-refractivity contribution in [2.24, 2.45) is 0 Å². The molecule has 1 aromatic heterocycles. The fourth-order valence-corrected chi connectivity index (χ4v) is 3.56. The quantitative estimate of drug-likeness (QED) is 0.409. The van der Waals surface area contributed by atoms with Gasteiger partial charge in [0.05, 0.1) is 21.1 Å². The Kier molecular flexibility index (Phi) is 5.79. The first-order valence-electron chi connectivity index (χ1n) is 9.36. The van der Waals surface area contributed by atoms with E-state index in [0.29, 0.717) is 18.4 Å². The number of hydrogen-bond donors (Lipinski definition) is 3. The third-order valence-electron chi connectivity index (χ3n) is 5.09. The molecule has 1 aliphatic carbocycles. The summed E-state index contributed by atoms with van der Waals surface area (Å²) in [6.07, 6.45) is -1.89. The van der Waals surface area contributed by atoms with Crippen LogP contribution in [0.3, 0.4) is 0 Å². The van der Waals surface area contributed by atoms with E-state index in [4.69, 9.17) is 33.0 Å². The first kappa shape index (κ1) is 22.0. The number of carbonyl (C=O) groups is 2. The number of nitrogens with one attached hydrogen (secondary N) is 2. The highest BCUT2D eigenvalue weighted by atomic mass is 35.5. The van der Waals surface area contributed by atoms with Gasteiger partial charge in [0.2, 0.25) is 5.88 Å². The number of rotatable bonds is 7. The van der Waals surface area contributed by atoms with E-state index >= 15 is 0 Å². The number of H-pyrrole nitrogens is 1. The third kappa shape index (κ3) is 4.26. The predicted octanol–water partition coefficient (Wildman–Crippen LogP) is 5.56. The molecule has 0 radical (unpaired) electrons. The zero-order valence-electron chi connectivity index (χ0n) is 16.2. The van der Waals surface area contributed by atoms with Crippen molar-refractivity contribution in [1.29, 1.82) is 0 Å². The summed E-state index contributed by atoms with van der Waals surface area (Å²) in [6, 6.07) is 10.3. The van der Waals surface area contributed by atoms with E-state index in [1.54, 1.807) is 12.1 Å². The Labute approximate surface area is 190 Å². The van der Waals surface area contributed by atoms with E-state index in [9.17, 15) is 18.4 Å². The SMILES string of the molecule is O=C(O)c1ccc(C2(NC(=O)c3c(C(F)F)n[nH]c3Oc3ccc(Cl)c(Cl)c3)CC2)cc1. The number of aromatic carboxylic acids is 1. The van der Waals surface area contributed by atoms with Gasteiger partial charge in [0.25, 0.3) is 12.3 Å². The Morgan fingerprint density at radius 2 is 1.81 bits per heavy atom. The van der Waals surface area contributed by atoms with Gasteiger partial charge in [-0.15, -0.1) is 0 Å². The molecular weight excluding hydrogens is 467 g/mol. The number of benzene rings is 2. The van der Waals surface area contributed by atoms with Gasteiger partial charge in [-0.25, -0.2) is 18.7 Å². The Balaban J connectivity index is 1.62. The highest BCUT2D eigenvalue weighted by molar-refractivity contribution is 6.42. The lowest BCUT2D eigenvalue weighted by Gasteiger charge is -2.19. The molecule has 0 aliphatic heterocycles. The molecule has 1 heterocycles. The summed E-state index contributed by atoms with van der Waals surface area (Å²) in [7, 11) is 0. The van der Waals surface area contributed by atoms with Crippen molar-refractivity contribution in [2.75, 3.05) is 0 Å². The summed E-state index contributed by atoms with van der Waals surface area (Å²) in [5.41, 5.74) is -1.20. The van der Waals surface area contributed by atoms with Crippen LogP contribution in [0.15, 0.2) is 42.5 Å². The average molecular weight is 482 g/mol. The second kappa shape index (κ2) is 8.40. The van der Waals surface area contributed by atoms with Crippen LogP contribution < -0.4 is 10.1 Å². The van der Waals surface area contributed by atoms with Gasteiger partial charge >= 0.3 is 5.97 Å². The molecule has 3 N–H and O–H groups in total. The smallest absolute Gasteiger partial charge is 0.335 e. The van der Waals surface area contributed by atoms with Crippen molar-refractivity contribution in [3.05, 3.63) is 74.9 Å². The van der Waals surface area contributed by atoms with Gasteiger partial charge < -0.3 is 15.2 Å². The maximum atomic E-state index is 13.5. The maximum Gasteiger partial charge on any atom is 0.335 e. The number of nitrogens with zero attached hydrogens (tertiary/aromatic N) is 1. The predicted molar refractivity (Wildman–Crippen MR) is 112 cm³/mol. The van der Waals surface area contributed by atoms with Crippen LogP contribution in [0.25, 0.3) is 0 Å². The van der Waals surface area contributed by atoms with E-state index in [1.807, 2.05) is 0 Å². The van der Waals surface area contributed by atoms with Crippen LogP contribution in [0, 0.1) is 0 Å². The fourth-order valence-electron chi connectivity index (χ4n) is 3.27. The monoisotopic (exact) mass is 481 g/mol. The molecule has 7 nitrogen and oxygen atoms in total. The van der Waals surface area contributed by atoms with E-state index in [0.717, 1.165) is 0 Å². The van der Waals surface area contributed by atoms with Gasteiger partial charge in [0, 0.05) is 6.07 Å². The van der Waals surface area contributed by atoms with Crippen molar-refractivity contribution < 1.29 is 28.2 Å². The van der Waals surface area contributed by atoms with Crippen molar-refractivity contribution >= 4 is 35.1 Å². The van der Waals surface area contributed by atoms with Crippen LogP contribution in [0.4, 0.5) is 8.78 Å². The van der Waals surface area contributed by atoms with E-state index < -0.39 is 35.1 Å². The summed E-state index contributed by atoms with van der Waals surface area (Å²) < 4.78 is 32.6. The molecule has 0 bridgehead atoms. The summed E-state index contributed by atoms with van der Waals surface area (Å²) in [6.45, 7) is 0. The van der Waals surface area contributed by atoms with Crippen LogP contribution in [0.5, 0.6) is 11.6 Å². The lowest BCUT2D eigenvalue weighted by atomic mass is 10.0. The first-order chi connectivity index (χ1) is 15.2. The van der Waals surface area contributed by atoms with Gasteiger partial charge in [0.15, 0.2) is 0 Å². The van der Waals surface area contributed by atoms with Crippen molar-refractivity contribution in [3.63, 3.8) is 0 Å². The largest absolute Gasteiger partial charge is 0.478 e. The summed E-state index contributed by atoms with van der Waals surface area (Å²) in [5.74, 6) is -1.98. The minimum absolute atomic E-state index is 0.100. The number of amides is 1. The Hall–Kier alpha value is -3.17. The fraction of sp³-hybridized carbons (Fsp3) is 0.190. The Bertz CT molecular complexity index is 1190. The average Bonchev–Trinajstić information content (AvgIpc) is 3.40. The van der Waals surface area contributed by atoms with Crippen molar-refractivity contribution in [1.82, 2.24) is 15.5 Å². The molecule has 1 amide bonds. The molecule has 166 valence electrons. The van der Waals surface area contributed by atoms with Crippen LogP contribution in [0.2, 0.25) is 10.0 Å². The van der Waals surface area contributed by atoms with Crippen LogP contribution in [-0.2, 0) is 5.54 Å². The highest BCUT2D eigenvalue weighted by Gasteiger charge is 2.47. The topological polar surface area (TPSA) is 104 Å². The number of carboxylic acids is 1. The highest BCUT2D eigenvalue weighted by Crippen LogP contribution is 2.46. The molecule has 1 fully saturated rings. The zero-order valence-corrected chi connectivity index (χ0v) is 17.7. The molecule has 0 spiro atoms. The Morgan fingerprint density at radius 3 is 2.38 bits per heavy atom. The van der Waals surface area contributed by atoms with Gasteiger partial charge in [-0.05, 0) is 42.7 Å². The number of aromatic nitrogens is 2. The molecule has 4 rings (SSSR count). The number of halogens is 4. The number of ether oxygens (including phenoxy) is 1. The minimum Gasteiger partial charge on any atom is -0.478 e. The second-order valence-electron chi connectivity index (χ2n) is 7.21. The van der Waals surface area contributed by atoms with E-state index in [1.165, 1.54) is 30.3 Å². The molecule has 3 aromatic rings. The molecule has 11 heteroatoms. The molecule has 1 saturated carbocycles. The van der Waals surface area contributed by atoms with Crippen molar-refractivity contribution in [3.8, 4) is 11.6 Å². The standard InChI is InChI=1S/C21H15Cl2F2N3O4/c22-13-6-5-12(9-14(13)23)32-19-15(16(17(24)25)27-28-19)18(29)26-21(7-8-21)11-3-1-10(2-4-11)20(30)31/h1-6,9,17H,7-8H2,(H,26,29)(H,27,28)(H,30,31). The van der Waals surface area contributed by atoms with E-state index in [2.05, 4.69) is 15.5 Å². The first-order valence-corrected chi connectivity index (χ1v) is 10.1. The summed E-state index contributed by atoms with van der Waals surface area (Å²) in [5, 5.41) is 18.2. The molecule has 0 saturated heterocycles. The zero-order chi connectivity index (χ0) is 23.0. The molecular formula is C21H15Cl2F2N3O4. The van der Waals surface area contributed by atoms with Gasteiger partial charge in [-0.2, -0.15) is 5.10 Å². The number of hydrogen-bond acceptors (Lipinski definition) is 4. The second-order valence-corrected chi connectivity index (χ2v) is 8.02. The van der Waals surface area contributed by atoms with Gasteiger partial charge in [-0.1, -0.05) is 35.3 Å². The molecule has 0 unspecified atom stereocenters. The van der Waals surface area contributed by atoms with Crippen LogP contribution in [-0.4, -0.2) is 27.2 Å². The number of aromatic amines is 1. The number of carbonyl (C=O) groups excluding carboxylic acids is 1. The minimum atomic E-state index is -3.02. The normalized spacial score (nSPS) is 14.3. The lowest BCUT2D eigenvalue weighted by Crippen LogP contribution is -2.35. The van der Waals surface area contributed by atoms with Crippen LogP contribution in [0.1, 0.15) is 51.2 Å². The Morgan fingerprint density at radius 1 is 1.12 bits per heavy atom. The summed E-state index contributed by atoms with van der Waals surface area (Å²) >= 11 is 11.8. The molecule has 1 aliphatic rings. The van der Waals surface area contributed by atoms with E-state index in [-0.39, 0.29) is 27.2 Å². The van der Waals surface area contributed by atoms with Gasteiger partial charge in [0.1, 0.15) is 17.0 Å². The van der Waals surface area contributed by atoms with Gasteiger partial charge in [-0.3, -0.25) is 4.79 Å². The molecule has 2 aromatic carbocycles. The summed E-state index contributed by atoms with van der Waals surface area (Å²) in [4.78, 5) is 24.1. The number of alkyl halides is 2. The maximum absolute atomic E-state index is 13.5. The third-order valence-corrected chi connectivity index (χ3v) is 5.83. The number of carboxylic acid groups (broad SMARTS) is 1. The molecule has 32 heavy (non-hydrogen) atoms. The van der Waals surface area contributed by atoms with Crippen LogP contribution >= 0.6 is 23.2 Å².